The average Bonchev–Trinajstić information content (AvgIpc) is 3.03. The number of benzene rings is 1. The molecule has 0 aliphatic heterocycles. The summed E-state index contributed by atoms with van der Waals surface area (Å²) in [5, 5.41) is 16.2. The first-order valence-electron chi connectivity index (χ1n) is 10.8. The van der Waals surface area contributed by atoms with Crippen LogP contribution in [0.3, 0.4) is 0 Å². The monoisotopic (exact) mass is 480 g/mol. The van der Waals surface area contributed by atoms with Crippen LogP contribution in [0.25, 0.3) is 0 Å². The Hall–Kier alpha value is -2.92. The predicted octanol–water partition coefficient (Wildman–Crippen LogP) is 3.94. The largest absolute Gasteiger partial charge is 0.476 e. The van der Waals surface area contributed by atoms with Crippen molar-refractivity contribution in [2.24, 2.45) is 5.92 Å². The van der Waals surface area contributed by atoms with Crippen LogP contribution in [0.15, 0.2) is 23.1 Å². The zero-order chi connectivity index (χ0) is 24.9. The van der Waals surface area contributed by atoms with Gasteiger partial charge in [0.15, 0.2) is 5.69 Å². The van der Waals surface area contributed by atoms with E-state index >= 15 is 0 Å². The Morgan fingerprint density at radius 3 is 2.42 bits per heavy atom. The Balaban J connectivity index is 2.57. The summed E-state index contributed by atoms with van der Waals surface area (Å²) in [5.41, 5.74) is 0.408. The van der Waals surface area contributed by atoms with Crippen LogP contribution in [0, 0.1) is 12.8 Å². The molecule has 2 rings (SSSR count). The van der Waals surface area contributed by atoms with Crippen molar-refractivity contribution in [3.63, 3.8) is 0 Å². The third-order valence-electron chi connectivity index (χ3n) is 4.64. The minimum Gasteiger partial charge on any atom is -0.476 e. The van der Waals surface area contributed by atoms with Crippen LogP contribution >= 0.6 is 0 Å². The van der Waals surface area contributed by atoms with E-state index in [-0.39, 0.29) is 52.2 Å². The molecule has 0 fully saturated rings. The van der Waals surface area contributed by atoms with E-state index in [1.165, 1.54) is 22.9 Å². The molecule has 0 bridgehead atoms. The van der Waals surface area contributed by atoms with Crippen molar-refractivity contribution in [1.29, 1.82) is 0 Å². The number of carboxylic acid groups (broad SMARTS) is 1. The summed E-state index contributed by atoms with van der Waals surface area (Å²) < 4.78 is 35.9. The molecule has 0 radical (unpaired) electrons. The third-order valence-corrected chi connectivity index (χ3v) is 6.13. The Morgan fingerprint density at radius 2 is 1.88 bits per heavy atom. The van der Waals surface area contributed by atoms with Crippen LogP contribution in [0.4, 0.5) is 5.69 Å². The summed E-state index contributed by atoms with van der Waals surface area (Å²) >= 11 is 0. The molecule has 0 unspecified atom stereocenters. The molecule has 2 aromatic rings. The number of carboxylic acids is 1. The number of hydrogen-bond donors (Lipinski definition) is 3. The highest BCUT2D eigenvalue weighted by Crippen LogP contribution is 2.35. The van der Waals surface area contributed by atoms with E-state index < -0.39 is 16.0 Å². The first-order chi connectivity index (χ1) is 15.4. The number of ether oxygens (including phenoxy) is 1. The van der Waals surface area contributed by atoms with E-state index in [0.29, 0.717) is 18.5 Å². The molecule has 0 spiro atoms. The molecule has 1 aromatic heterocycles. The molecule has 0 saturated carbocycles. The van der Waals surface area contributed by atoms with Crippen molar-refractivity contribution in [2.45, 2.75) is 65.3 Å². The van der Waals surface area contributed by atoms with Crippen molar-refractivity contribution in [3.8, 4) is 11.6 Å². The van der Waals surface area contributed by atoms with Crippen LogP contribution < -0.4 is 14.8 Å². The molecular weight excluding hydrogens is 448 g/mol. The molecule has 0 saturated heterocycles. The Kier molecular flexibility index (Phi) is 8.62. The van der Waals surface area contributed by atoms with Crippen molar-refractivity contribution < 1.29 is 27.9 Å². The van der Waals surface area contributed by atoms with Gasteiger partial charge >= 0.3 is 5.97 Å². The number of amides is 1. The molecule has 33 heavy (non-hydrogen) atoms. The lowest BCUT2D eigenvalue weighted by Gasteiger charge is -2.17. The number of anilines is 1. The number of carbonyl (C=O) groups is 2. The van der Waals surface area contributed by atoms with Crippen molar-refractivity contribution >= 4 is 27.6 Å². The highest BCUT2D eigenvalue weighted by atomic mass is 32.2. The van der Waals surface area contributed by atoms with Crippen LogP contribution in [-0.4, -0.2) is 41.7 Å². The molecule has 1 amide bonds. The summed E-state index contributed by atoms with van der Waals surface area (Å²) in [4.78, 5) is 23.6. The number of hydrogen-bond acceptors (Lipinski definition) is 6. The van der Waals surface area contributed by atoms with Gasteiger partial charge in [0.05, 0.1) is 6.04 Å². The van der Waals surface area contributed by atoms with Crippen LogP contribution in [0.2, 0.25) is 0 Å². The Morgan fingerprint density at radius 1 is 1.21 bits per heavy atom. The van der Waals surface area contributed by atoms with Gasteiger partial charge in [0, 0.05) is 24.2 Å². The summed E-state index contributed by atoms with van der Waals surface area (Å²) in [6.07, 6.45) is 0.876. The molecule has 0 atom stereocenters. The lowest BCUT2D eigenvalue weighted by Crippen LogP contribution is -2.25. The maximum absolute atomic E-state index is 13.0. The van der Waals surface area contributed by atoms with Gasteiger partial charge in [-0.2, -0.15) is 5.10 Å². The van der Waals surface area contributed by atoms with Crippen molar-refractivity contribution in [2.75, 3.05) is 11.9 Å². The maximum atomic E-state index is 13.0. The summed E-state index contributed by atoms with van der Waals surface area (Å²) in [5.74, 6) is -1.18. The molecule has 3 N–H and O–H groups in total. The van der Waals surface area contributed by atoms with Gasteiger partial charge in [-0.3, -0.25) is 4.79 Å². The molecular formula is C22H32N4O6S. The molecule has 0 aliphatic rings. The average molecular weight is 481 g/mol. The fourth-order valence-electron chi connectivity index (χ4n) is 3.06. The number of aromatic nitrogens is 2. The molecule has 182 valence electrons. The first kappa shape index (κ1) is 26.3. The number of sulfonamides is 1. The van der Waals surface area contributed by atoms with E-state index in [0.717, 1.165) is 0 Å². The molecule has 10 nitrogen and oxygen atoms in total. The van der Waals surface area contributed by atoms with Gasteiger partial charge in [-0.15, -0.1) is 0 Å². The predicted molar refractivity (Wildman–Crippen MR) is 124 cm³/mol. The SMILES string of the molecule is CCCNS(=O)(=O)c1cc(NC(=O)CC(C)C)ccc1Oc1c(C)c(C(=O)O)nn1C(C)C. The summed E-state index contributed by atoms with van der Waals surface area (Å²) in [6.45, 7) is 11.0. The lowest BCUT2D eigenvalue weighted by atomic mass is 10.1. The second-order valence-electron chi connectivity index (χ2n) is 8.43. The normalized spacial score (nSPS) is 11.8. The van der Waals surface area contributed by atoms with Gasteiger partial charge in [0.2, 0.25) is 21.8 Å². The topological polar surface area (TPSA) is 140 Å². The summed E-state index contributed by atoms with van der Waals surface area (Å²) in [7, 11) is -3.98. The molecule has 11 heteroatoms. The van der Waals surface area contributed by atoms with Crippen molar-refractivity contribution in [1.82, 2.24) is 14.5 Å². The van der Waals surface area contributed by atoms with Gasteiger partial charge < -0.3 is 15.2 Å². The highest BCUT2D eigenvalue weighted by Gasteiger charge is 2.26. The number of aromatic carboxylic acids is 1. The van der Waals surface area contributed by atoms with E-state index in [1.54, 1.807) is 20.8 Å². The highest BCUT2D eigenvalue weighted by molar-refractivity contribution is 7.89. The Bertz CT molecular complexity index is 1120. The summed E-state index contributed by atoms with van der Waals surface area (Å²) in [6, 6.07) is 4.06. The fourth-order valence-corrected chi connectivity index (χ4v) is 4.34. The second-order valence-corrected chi connectivity index (χ2v) is 10.2. The smallest absolute Gasteiger partial charge is 0.356 e. The van der Waals surface area contributed by atoms with E-state index in [1.807, 2.05) is 20.8 Å². The van der Waals surface area contributed by atoms with Crippen LogP contribution in [0.1, 0.15) is 69.6 Å². The standard InChI is InChI=1S/C22H32N4O6S/c1-7-10-23-33(30,31)18-12-16(24-19(27)11-13(2)3)8-9-17(18)32-21-15(6)20(22(28)29)25-26(21)14(4)5/h8-9,12-14,23H,7,10-11H2,1-6H3,(H,24,27)(H,28,29). The van der Waals surface area contributed by atoms with E-state index in [2.05, 4.69) is 15.1 Å². The first-order valence-corrected chi connectivity index (χ1v) is 12.3. The van der Waals surface area contributed by atoms with Gasteiger partial charge in [0.25, 0.3) is 0 Å². The molecule has 1 heterocycles. The number of rotatable bonds is 11. The Labute approximate surface area is 194 Å². The van der Waals surface area contributed by atoms with E-state index in [9.17, 15) is 23.1 Å². The number of nitrogens with one attached hydrogen (secondary N) is 2. The van der Waals surface area contributed by atoms with Crippen LogP contribution in [-0.2, 0) is 14.8 Å². The minimum absolute atomic E-state index is 0.0118. The maximum Gasteiger partial charge on any atom is 0.356 e. The van der Waals surface area contributed by atoms with E-state index in [4.69, 9.17) is 4.74 Å². The minimum atomic E-state index is -3.98. The van der Waals surface area contributed by atoms with Gasteiger partial charge in [-0.25, -0.2) is 22.6 Å². The number of carbonyl (C=O) groups excluding carboxylic acids is 1. The zero-order valence-corrected chi connectivity index (χ0v) is 20.6. The lowest BCUT2D eigenvalue weighted by molar-refractivity contribution is -0.116. The van der Waals surface area contributed by atoms with Gasteiger partial charge in [0.1, 0.15) is 10.6 Å². The number of nitrogens with zero attached hydrogens (tertiary/aromatic N) is 2. The molecule has 1 aromatic carbocycles. The van der Waals surface area contributed by atoms with Gasteiger partial charge in [-0.1, -0.05) is 20.8 Å². The second kappa shape index (κ2) is 10.8. The molecule has 0 aliphatic carbocycles. The zero-order valence-electron chi connectivity index (χ0n) is 19.8. The fraction of sp³-hybridized carbons (Fsp3) is 0.500. The van der Waals surface area contributed by atoms with Crippen LogP contribution in [0.5, 0.6) is 11.6 Å². The third kappa shape index (κ3) is 6.55. The van der Waals surface area contributed by atoms with Crippen molar-refractivity contribution in [3.05, 3.63) is 29.5 Å². The quantitative estimate of drug-likeness (QED) is 0.442. The van der Waals surface area contributed by atoms with Gasteiger partial charge in [-0.05, 0) is 51.3 Å².